The number of benzene rings is 1. The molecule has 28 heavy (non-hydrogen) atoms. The number of piperidine rings is 1. The van der Waals surface area contributed by atoms with E-state index in [1.165, 1.54) is 24.9 Å². The predicted molar refractivity (Wildman–Crippen MR) is 110 cm³/mol. The zero-order chi connectivity index (χ0) is 19.1. The van der Waals surface area contributed by atoms with Gasteiger partial charge in [0.15, 0.2) is 0 Å². The highest BCUT2D eigenvalue weighted by Crippen LogP contribution is 2.30. The lowest BCUT2D eigenvalue weighted by atomic mass is 10.1. The Bertz CT molecular complexity index is 922. The summed E-state index contributed by atoms with van der Waals surface area (Å²) < 4.78 is 5.69. The third-order valence-electron chi connectivity index (χ3n) is 6.05. The Morgan fingerprint density at radius 3 is 2.86 bits per heavy atom. The van der Waals surface area contributed by atoms with Gasteiger partial charge in [0.1, 0.15) is 17.4 Å². The smallest absolute Gasteiger partial charge is 0.145 e. The van der Waals surface area contributed by atoms with E-state index in [-0.39, 0.29) is 11.9 Å². The molecule has 2 saturated heterocycles. The second-order valence-electron chi connectivity index (χ2n) is 8.02. The van der Waals surface area contributed by atoms with Gasteiger partial charge < -0.3 is 24.6 Å². The number of hydrogen-bond donors (Lipinski definition) is 3. The molecule has 7 heteroatoms. The second kappa shape index (κ2) is 7.13. The van der Waals surface area contributed by atoms with E-state index in [4.69, 9.17) is 10.1 Å². The van der Waals surface area contributed by atoms with Crippen LogP contribution in [0.15, 0.2) is 24.0 Å². The lowest BCUT2D eigenvalue weighted by Gasteiger charge is -2.28. The number of anilines is 1. The molecule has 148 valence electrons. The van der Waals surface area contributed by atoms with Crippen LogP contribution in [0.2, 0.25) is 0 Å². The van der Waals surface area contributed by atoms with Gasteiger partial charge >= 0.3 is 0 Å². The van der Waals surface area contributed by atoms with Crippen molar-refractivity contribution in [3.05, 3.63) is 29.8 Å². The lowest BCUT2D eigenvalue weighted by molar-refractivity contribution is 0.0924. The molecule has 0 aliphatic carbocycles. The summed E-state index contributed by atoms with van der Waals surface area (Å²) in [6.45, 7) is 3.99. The van der Waals surface area contributed by atoms with Crippen molar-refractivity contribution in [3.8, 4) is 0 Å². The molecule has 3 aliphatic heterocycles. The van der Waals surface area contributed by atoms with E-state index in [0.29, 0.717) is 30.3 Å². The molecule has 1 aromatic carbocycles. The molecule has 7 nitrogen and oxygen atoms in total. The van der Waals surface area contributed by atoms with Crippen molar-refractivity contribution < 1.29 is 9.84 Å². The topological polar surface area (TPSA) is 88.5 Å². The maximum absolute atomic E-state index is 10.5. The number of H-pyrrole nitrogens is 1. The van der Waals surface area contributed by atoms with Crippen LogP contribution >= 0.6 is 0 Å². The van der Waals surface area contributed by atoms with Crippen LogP contribution in [-0.2, 0) is 4.74 Å². The van der Waals surface area contributed by atoms with Crippen LogP contribution in [-0.4, -0.2) is 64.7 Å². The number of rotatable bonds is 4. The molecule has 5 rings (SSSR count). The van der Waals surface area contributed by atoms with Crippen molar-refractivity contribution >= 4 is 28.1 Å². The van der Waals surface area contributed by atoms with E-state index in [2.05, 4.69) is 27.0 Å². The number of hydrogen-bond acceptors (Lipinski definition) is 5. The Kier molecular flexibility index (Phi) is 4.47. The summed E-state index contributed by atoms with van der Waals surface area (Å²) in [5.41, 5.74) is 3.53. The van der Waals surface area contributed by atoms with Gasteiger partial charge in [-0.3, -0.25) is 5.41 Å². The Balaban J connectivity index is 1.39. The molecule has 0 radical (unpaired) electrons. The first-order chi connectivity index (χ1) is 13.7. The van der Waals surface area contributed by atoms with E-state index in [1.807, 2.05) is 11.0 Å². The van der Waals surface area contributed by atoms with Crippen molar-refractivity contribution in [2.24, 2.45) is 0 Å². The van der Waals surface area contributed by atoms with Crippen LogP contribution in [0.5, 0.6) is 0 Å². The van der Waals surface area contributed by atoms with Crippen molar-refractivity contribution in [2.75, 3.05) is 37.7 Å². The minimum absolute atomic E-state index is 0.148. The van der Waals surface area contributed by atoms with Crippen LogP contribution in [0.25, 0.3) is 16.6 Å². The highest BCUT2D eigenvalue weighted by molar-refractivity contribution is 6.23. The van der Waals surface area contributed by atoms with Gasteiger partial charge in [-0.15, -0.1) is 0 Å². The van der Waals surface area contributed by atoms with Crippen LogP contribution in [0.1, 0.15) is 37.9 Å². The highest BCUT2D eigenvalue weighted by Gasteiger charge is 2.32. The molecule has 1 unspecified atom stereocenters. The normalized spacial score (nSPS) is 23.4. The molecule has 0 spiro atoms. The van der Waals surface area contributed by atoms with E-state index in [9.17, 15) is 5.11 Å². The number of aliphatic hydroxyl groups is 1. The highest BCUT2D eigenvalue weighted by atomic mass is 16.5. The van der Waals surface area contributed by atoms with E-state index >= 15 is 0 Å². The fraction of sp³-hybridized carbons (Fsp3) is 0.524. The second-order valence-corrected chi connectivity index (χ2v) is 8.02. The van der Waals surface area contributed by atoms with Crippen molar-refractivity contribution in [3.63, 3.8) is 0 Å². The van der Waals surface area contributed by atoms with Gasteiger partial charge in [-0.1, -0.05) is 0 Å². The quantitative estimate of drug-likeness (QED) is 0.756. The molecule has 0 saturated carbocycles. The molecule has 3 N–H and O–H groups in total. The molecule has 0 amide bonds. The fourth-order valence-corrected chi connectivity index (χ4v) is 4.54. The number of aromatic nitrogens is 2. The van der Waals surface area contributed by atoms with E-state index in [1.54, 1.807) is 0 Å². The summed E-state index contributed by atoms with van der Waals surface area (Å²) in [5.74, 6) is 1.10. The van der Waals surface area contributed by atoms with Crippen LogP contribution < -0.4 is 4.90 Å². The van der Waals surface area contributed by atoms with Crippen LogP contribution in [0.3, 0.4) is 0 Å². The number of aromatic amines is 1. The summed E-state index contributed by atoms with van der Waals surface area (Å²) in [6, 6.07) is 6.28. The molecule has 1 aromatic heterocycles. The molecule has 0 bridgehead atoms. The maximum atomic E-state index is 10.5. The van der Waals surface area contributed by atoms with E-state index in [0.717, 1.165) is 43.6 Å². The summed E-state index contributed by atoms with van der Waals surface area (Å²) in [5, 5.41) is 19.1. The monoisotopic (exact) mass is 381 g/mol. The Labute approximate surface area is 164 Å². The van der Waals surface area contributed by atoms with Crippen molar-refractivity contribution in [2.45, 2.75) is 38.2 Å². The maximum Gasteiger partial charge on any atom is 0.145 e. The number of nitrogens with zero attached hydrogens (tertiary/aromatic N) is 3. The van der Waals surface area contributed by atoms with Gasteiger partial charge in [-0.05, 0) is 50.3 Å². The molecular formula is C21H27N5O2. The zero-order valence-corrected chi connectivity index (χ0v) is 16.1. The zero-order valence-electron chi connectivity index (χ0n) is 16.1. The van der Waals surface area contributed by atoms with Crippen LogP contribution in [0, 0.1) is 5.41 Å². The van der Waals surface area contributed by atoms with Crippen LogP contribution in [0.4, 0.5) is 5.69 Å². The fourth-order valence-electron chi connectivity index (χ4n) is 4.54. The van der Waals surface area contributed by atoms with Gasteiger partial charge in [0.25, 0.3) is 0 Å². The molecular weight excluding hydrogens is 354 g/mol. The number of imidazole rings is 1. The Morgan fingerprint density at radius 1 is 1.21 bits per heavy atom. The first kappa shape index (κ1) is 17.6. The number of fused-ring (bicyclic) bond motifs is 1. The average Bonchev–Trinajstić information content (AvgIpc) is 3.42. The summed E-state index contributed by atoms with van der Waals surface area (Å²) in [6.07, 6.45) is 6.03. The third-order valence-corrected chi connectivity index (χ3v) is 6.05. The Morgan fingerprint density at radius 2 is 2.07 bits per heavy atom. The third kappa shape index (κ3) is 3.13. The van der Waals surface area contributed by atoms with E-state index < -0.39 is 0 Å². The van der Waals surface area contributed by atoms with Gasteiger partial charge in [0, 0.05) is 31.9 Å². The minimum Gasteiger partial charge on any atom is -0.510 e. The standard InChI is InChI=1S/C21H27N5O2/c22-20-19(18(27)13-26(20)12-15-5-4-10-28-15)21-23-16-7-6-14(11-17(16)24-21)25-8-2-1-3-9-25/h6-7,11,15,22,27H,1-5,8-10,12-13H2,(H,23,24). The number of nitrogens with one attached hydrogen (secondary N) is 2. The molecule has 3 aliphatic rings. The van der Waals surface area contributed by atoms with Gasteiger partial charge in [-0.2, -0.15) is 0 Å². The average molecular weight is 381 g/mol. The predicted octanol–water partition coefficient (Wildman–Crippen LogP) is 3.29. The lowest BCUT2D eigenvalue weighted by Crippen LogP contribution is -2.34. The van der Waals surface area contributed by atoms with Crippen molar-refractivity contribution in [1.29, 1.82) is 5.41 Å². The first-order valence-electron chi connectivity index (χ1n) is 10.3. The van der Waals surface area contributed by atoms with Crippen molar-refractivity contribution in [1.82, 2.24) is 14.9 Å². The Hall–Kier alpha value is -2.54. The summed E-state index contributed by atoms with van der Waals surface area (Å²) in [7, 11) is 0. The van der Waals surface area contributed by atoms with Gasteiger partial charge in [-0.25, -0.2) is 4.98 Å². The summed E-state index contributed by atoms with van der Waals surface area (Å²) >= 11 is 0. The molecule has 2 fully saturated rings. The summed E-state index contributed by atoms with van der Waals surface area (Å²) in [4.78, 5) is 12.3. The molecule has 2 aromatic rings. The number of ether oxygens (including phenoxy) is 1. The van der Waals surface area contributed by atoms with Gasteiger partial charge in [0.05, 0.1) is 29.3 Å². The number of aliphatic hydroxyl groups excluding tert-OH is 1. The molecule has 1 atom stereocenters. The SMILES string of the molecule is N=C1C(c2nc3ccc(N4CCCCC4)cc3[nH]2)=C(O)CN1CC1CCCO1. The first-order valence-corrected chi connectivity index (χ1v) is 10.3. The van der Waals surface area contributed by atoms with Gasteiger partial charge in [0.2, 0.25) is 0 Å². The number of amidine groups is 1. The molecule has 4 heterocycles. The minimum atomic E-state index is 0.148. The largest absolute Gasteiger partial charge is 0.510 e.